The summed E-state index contributed by atoms with van der Waals surface area (Å²) in [6.45, 7) is 0. The SMILES string of the molecule is O=C(O)c1ccc2c(c1)Sc1ccc(F)cc1C(O)C2. The molecule has 20 heavy (non-hydrogen) atoms. The number of aliphatic hydroxyl groups excluding tert-OH is 1. The van der Waals surface area contributed by atoms with Crippen molar-refractivity contribution >= 4 is 17.7 Å². The van der Waals surface area contributed by atoms with Gasteiger partial charge >= 0.3 is 5.97 Å². The van der Waals surface area contributed by atoms with Gasteiger partial charge < -0.3 is 10.2 Å². The van der Waals surface area contributed by atoms with Crippen LogP contribution < -0.4 is 0 Å². The fourth-order valence-electron chi connectivity index (χ4n) is 2.26. The summed E-state index contributed by atoms with van der Waals surface area (Å²) in [4.78, 5) is 12.6. The van der Waals surface area contributed by atoms with Crippen molar-refractivity contribution in [1.29, 1.82) is 0 Å². The van der Waals surface area contributed by atoms with Gasteiger partial charge in [-0.15, -0.1) is 0 Å². The topological polar surface area (TPSA) is 57.5 Å². The zero-order valence-electron chi connectivity index (χ0n) is 10.3. The molecule has 1 heterocycles. The van der Waals surface area contributed by atoms with Crippen molar-refractivity contribution in [3.63, 3.8) is 0 Å². The zero-order valence-corrected chi connectivity index (χ0v) is 11.2. The Bertz CT molecular complexity index is 700. The molecule has 0 saturated heterocycles. The lowest BCUT2D eigenvalue weighted by molar-refractivity contribution is 0.0696. The van der Waals surface area contributed by atoms with Crippen LogP contribution in [-0.2, 0) is 6.42 Å². The molecular formula is C15H11FO3S. The number of halogens is 1. The van der Waals surface area contributed by atoms with Crippen molar-refractivity contribution in [3.05, 3.63) is 58.9 Å². The fraction of sp³-hybridized carbons (Fsp3) is 0.133. The molecule has 0 aromatic heterocycles. The van der Waals surface area contributed by atoms with E-state index < -0.39 is 12.1 Å². The molecule has 5 heteroatoms. The van der Waals surface area contributed by atoms with Crippen molar-refractivity contribution in [2.45, 2.75) is 22.3 Å². The second-order valence-corrected chi connectivity index (χ2v) is 5.72. The molecule has 0 fully saturated rings. The molecule has 2 N–H and O–H groups in total. The number of carboxylic acid groups (broad SMARTS) is 1. The van der Waals surface area contributed by atoms with Crippen LogP contribution in [0, 0.1) is 5.82 Å². The van der Waals surface area contributed by atoms with E-state index in [-0.39, 0.29) is 11.4 Å². The van der Waals surface area contributed by atoms with Crippen LogP contribution in [-0.4, -0.2) is 16.2 Å². The Morgan fingerprint density at radius 1 is 1.20 bits per heavy atom. The molecule has 1 aliphatic heterocycles. The standard InChI is InChI=1S/C15H11FO3S/c16-10-3-4-13-11(7-10)12(17)5-8-1-2-9(15(18)19)6-14(8)20-13/h1-4,6-7,12,17H,5H2,(H,18,19). The van der Waals surface area contributed by atoms with E-state index in [2.05, 4.69) is 0 Å². The number of carbonyl (C=O) groups is 1. The van der Waals surface area contributed by atoms with Crippen LogP contribution in [0.5, 0.6) is 0 Å². The first kappa shape index (κ1) is 13.1. The van der Waals surface area contributed by atoms with Crippen LogP contribution in [0.15, 0.2) is 46.2 Å². The summed E-state index contributed by atoms with van der Waals surface area (Å²) in [6.07, 6.45) is -0.441. The molecule has 0 bridgehead atoms. The van der Waals surface area contributed by atoms with E-state index >= 15 is 0 Å². The minimum atomic E-state index is -0.988. The summed E-state index contributed by atoms with van der Waals surface area (Å²) in [5, 5.41) is 19.2. The third kappa shape index (κ3) is 2.30. The highest BCUT2D eigenvalue weighted by Crippen LogP contribution is 2.41. The van der Waals surface area contributed by atoms with E-state index in [0.717, 1.165) is 15.4 Å². The minimum absolute atomic E-state index is 0.205. The Labute approximate surface area is 119 Å². The maximum absolute atomic E-state index is 13.3. The number of benzene rings is 2. The molecule has 1 aliphatic rings. The van der Waals surface area contributed by atoms with Gasteiger partial charge in [0.1, 0.15) is 5.82 Å². The van der Waals surface area contributed by atoms with Crippen LogP contribution in [0.1, 0.15) is 27.6 Å². The number of rotatable bonds is 1. The molecule has 1 unspecified atom stereocenters. The average Bonchev–Trinajstić information content (AvgIpc) is 2.54. The van der Waals surface area contributed by atoms with Gasteiger partial charge in [-0.05, 0) is 41.5 Å². The fourth-order valence-corrected chi connectivity index (χ4v) is 3.41. The first-order chi connectivity index (χ1) is 9.54. The Morgan fingerprint density at radius 2 is 2.00 bits per heavy atom. The highest BCUT2D eigenvalue weighted by Gasteiger charge is 2.22. The molecule has 102 valence electrons. The van der Waals surface area contributed by atoms with Crippen LogP contribution in [0.3, 0.4) is 0 Å². The maximum atomic E-state index is 13.3. The van der Waals surface area contributed by atoms with Crippen LogP contribution in [0.4, 0.5) is 4.39 Å². The number of hydrogen-bond acceptors (Lipinski definition) is 3. The molecule has 0 spiro atoms. The van der Waals surface area contributed by atoms with Gasteiger partial charge in [-0.2, -0.15) is 0 Å². The van der Waals surface area contributed by atoms with Gasteiger partial charge in [-0.1, -0.05) is 17.8 Å². The van der Waals surface area contributed by atoms with E-state index in [0.29, 0.717) is 12.0 Å². The van der Waals surface area contributed by atoms with Crippen molar-refractivity contribution in [3.8, 4) is 0 Å². The van der Waals surface area contributed by atoms with Crippen LogP contribution in [0.25, 0.3) is 0 Å². The van der Waals surface area contributed by atoms with Crippen molar-refractivity contribution in [2.24, 2.45) is 0 Å². The number of aliphatic hydroxyl groups is 1. The van der Waals surface area contributed by atoms with E-state index in [9.17, 15) is 14.3 Å². The first-order valence-electron chi connectivity index (χ1n) is 6.06. The zero-order chi connectivity index (χ0) is 14.3. The summed E-state index contributed by atoms with van der Waals surface area (Å²) >= 11 is 1.36. The molecule has 0 aliphatic carbocycles. The van der Waals surface area contributed by atoms with Gasteiger partial charge in [0.15, 0.2) is 0 Å². The Kier molecular flexibility index (Phi) is 3.23. The second-order valence-electron chi connectivity index (χ2n) is 4.63. The van der Waals surface area contributed by atoms with Gasteiger partial charge in [-0.3, -0.25) is 0 Å². The smallest absolute Gasteiger partial charge is 0.335 e. The summed E-state index contributed by atoms with van der Waals surface area (Å²) in [5.41, 5.74) is 1.61. The molecule has 3 nitrogen and oxygen atoms in total. The minimum Gasteiger partial charge on any atom is -0.478 e. The Hall–Kier alpha value is -1.85. The average molecular weight is 290 g/mol. The summed E-state index contributed by atoms with van der Waals surface area (Å²) < 4.78 is 13.3. The van der Waals surface area contributed by atoms with Crippen molar-refractivity contribution in [1.82, 2.24) is 0 Å². The van der Waals surface area contributed by atoms with E-state index in [4.69, 9.17) is 5.11 Å². The number of carboxylic acids is 1. The molecule has 2 aromatic carbocycles. The predicted molar refractivity (Wildman–Crippen MR) is 72.6 cm³/mol. The largest absolute Gasteiger partial charge is 0.478 e. The monoisotopic (exact) mass is 290 g/mol. The predicted octanol–water partition coefficient (Wildman–Crippen LogP) is 3.26. The van der Waals surface area contributed by atoms with E-state index in [1.165, 1.54) is 30.0 Å². The van der Waals surface area contributed by atoms with E-state index in [1.54, 1.807) is 18.2 Å². The lowest BCUT2D eigenvalue weighted by atomic mass is 10.0. The number of fused-ring (bicyclic) bond motifs is 2. The highest BCUT2D eigenvalue weighted by atomic mass is 32.2. The summed E-state index contributed by atoms with van der Waals surface area (Å²) in [6, 6.07) is 9.10. The molecule has 3 rings (SSSR count). The van der Waals surface area contributed by atoms with Gasteiger partial charge in [0.25, 0.3) is 0 Å². The second kappa shape index (κ2) is 4.92. The Morgan fingerprint density at radius 3 is 2.75 bits per heavy atom. The first-order valence-corrected chi connectivity index (χ1v) is 6.88. The van der Waals surface area contributed by atoms with Crippen molar-refractivity contribution < 1.29 is 19.4 Å². The molecule has 1 atom stereocenters. The van der Waals surface area contributed by atoms with Gasteiger partial charge in [0, 0.05) is 16.2 Å². The third-order valence-electron chi connectivity index (χ3n) is 3.28. The van der Waals surface area contributed by atoms with Crippen molar-refractivity contribution in [2.75, 3.05) is 0 Å². The van der Waals surface area contributed by atoms with Gasteiger partial charge in [0.2, 0.25) is 0 Å². The van der Waals surface area contributed by atoms with Crippen LogP contribution >= 0.6 is 11.8 Å². The maximum Gasteiger partial charge on any atom is 0.335 e. The van der Waals surface area contributed by atoms with Gasteiger partial charge in [0.05, 0.1) is 11.7 Å². The summed E-state index contributed by atoms with van der Waals surface area (Å²) in [7, 11) is 0. The molecule has 0 radical (unpaired) electrons. The quantitative estimate of drug-likeness (QED) is 0.846. The molecule has 2 aromatic rings. The lowest BCUT2D eigenvalue weighted by Crippen LogP contribution is -2.03. The number of hydrogen-bond donors (Lipinski definition) is 2. The van der Waals surface area contributed by atoms with E-state index in [1.807, 2.05) is 0 Å². The molecule has 0 amide bonds. The highest BCUT2D eigenvalue weighted by molar-refractivity contribution is 7.99. The number of aromatic carboxylic acids is 1. The lowest BCUT2D eigenvalue weighted by Gasteiger charge is -2.10. The third-order valence-corrected chi connectivity index (χ3v) is 4.47. The Balaban J connectivity index is 2.11. The molecular weight excluding hydrogens is 279 g/mol. The normalized spacial score (nSPS) is 17.0. The summed E-state index contributed by atoms with van der Waals surface area (Å²) in [5.74, 6) is -1.38. The van der Waals surface area contributed by atoms with Crippen LogP contribution in [0.2, 0.25) is 0 Å². The molecule has 0 saturated carbocycles. The van der Waals surface area contributed by atoms with Gasteiger partial charge in [-0.25, -0.2) is 9.18 Å².